The second kappa shape index (κ2) is 5.88. The second-order valence-electron chi connectivity index (χ2n) is 6.38. The van der Waals surface area contributed by atoms with Crippen LogP contribution >= 0.6 is 0 Å². The zero-order valence-corrected chi connectivity index (χ0v) is 14.5. The SMILES string of the molecule is CCOc1cc2ccc(Nc3ccccn3)c3ccc4cccc1c4c23. The Morgan fingerprint density at radius 1 is 0.846 bits per heavy atom. The lowest BCUT2D eigenvalue weighted by atomic mass is 9.93. The quantitative estimate of drug-likeness (QED) is 0.401. The van der Waals surface area contributed by atoms with Crippen molar-refractivity contribution in [1.82, 2.24) is 4.98 Å². The van der Waals surface area contributed by atoms with Crippen LogP contribution in [0.25, 0.3) is 32.3 Å². The van der Waals surface area contributed by atoms with Gasteiger partial charge in [0.15, 0.2) is 0 Å². The molecular weight excluding hydrogens is 320 g/mol. The van der Waals surface area contributed by atoms with Gasteiger partial charge in [0.25, 0.3) is 0 Å². The van der Waals surface area contributed by atoms with Crippen molar-refractivity contribution in [1.29, 1.82) is 0 Å². The average Bonchev–Trinajstić information content (AvgIpc) is 2.69. The Morgan fingerprint density at radius 3 is 2.58 bits per heavy atom. The minimum Gasteiger partial charge on any atom is -0.493 e. The van der Waals surface area contributed by atoms with Crippen LogP contribution in [0.4, 0.5) is 11.5 Å². The van der Waals surface area contributed by atoms with Crippen LogP contribution in [0.1, 0.15) is 6.92 Å². The molecule has 0 amide bonds. The first kappa shape index (κ1) is 15.0. The molecule has 0 aliphatic heterocycles. The minimum absolute atomic E-state index is 0.660. The third kappa shape index (κ3) is 2.25. The van der Waals surface area contributed by atoms with Gasteiger partial charge in [0.05, 0.1) is 6.61 Å². The number of pyridine rings is 1. The number of aromatic nitrogens is 1. The molecule has 1 heterocycles. The van der Waals surface area contributed by atoms with Crippen LogP contribution in [0, 0.1) is 0 Å². The maximum atomic E-state index is 5.92. The molecule has 5 rings (SSSR count). The average molecular weight is 338 g/mol. The molecule has 4 aromatic carbocycles. The van der Waals surface area contributed by atoms with E-state index in [0.29, 0.717) is 6.61 Å². The number of nitrogens with zero attached hydrogens (tertiary/aromatic N) is 1. The Labute approximate surface area is 151 Å². The van der Waals surface area contributed by atoms with E-state index in [4.69, 9.17) is 4.74 Å². The number of ether oxygens (including phenoxy) is 1. The number of rotatable bonds is 4. The highest BCUT2D eigenvalue weighted by molar-refractivity contribution is 6.26. The second-order valence-corrected chi connectivity index (χ2v) is 6.38. The zero-order chi connectivity index (χ0) is 17.5. The van der Waals surface area contributed by atoms with E-state index in [9.17, 15) is 0 Å². The Bertz CT molecular complexity index is 1210. The van der Waals surface area contributed by atoms with E-state index in [2.05, 4.69) is 58.8 Å². The Hall–Kier alpha value is -3.33. The van der Waals surface area contributed by atoms with Gasteiger partial charge in [-0.25, -0.2) is 4.98 Å². The summed E-state index contributed by atoms with van der Waals surface area (Å²) >= 11 is 0. The van der Waals surface area contributed by atoms with Crippen molar-refractivity contribution < 1.29 is 4.74 Å². The summed E-state index contributed by atoms with van der Waals surface area (Å²) in [6.07, 6.45) is 1.80. The molecule has 0 radical (unpaired) electrons. The van der Waals surface area contributed by atoms with Crippen LogP contribution in [0.3, 0.4) is 0 Å². The topological polar surface area (TPSA) is 34.1 Å². The Morgan fingerprint density at radius 2 is 1.73 bits per heavy atom. The summed E-state index contributed by atoms with van der Waals surface area (Å²) in [5.41, 5.74) is 1.06. The molecule has 0 fully saturated rings. The maximum Gasteiger partial charge on any atom is 0.130 e. The van der Waals surface area contributed by atoms with Crippen LogP contribution in [0.15, 0.2) is 72.9 Å². The smallest absolute Gasteiger partial charge is 0.130 e. The van der Waals surface area contributed by atoms with Gasteiger partial charge in [0.1, 0.15) is 11.6 Å². The van der Waals surface area contributed by atoms with Crippen molar-refractivity contribution in [2.24, 2.45) is 0 Å². The summed E-state index contributed by atoms with van der Waals surface area (Å²) in [5.74, 6) is 1.79. The number of nitrogens with one attached hydrogen (secondary N) is 1. The molecule has 126 valence electrons. The summed E-state index contributed by atoms with van der Waals surface area (Å²) < 4.78 is 5.92. The molecule has 1 aromatic heterocycles. The van der Waals surface area contributed by atoms with Gasteiger partial charge in [-0.3, -0.25) is 0 Å². The molecule has 3 heteroatoms. The molecule has 0 atom stereocenters. The van der Waals surface area contributed by atoms with Crippen LogP contribution in [-0.2, 0) is 0 Å². The maximum absolute atomic E-state index is 5.92. The fraction of sp³-hybridized carbons (Fsp3) is 0.0870. The van der Waals surface area contributed by atoms with Gasteiger partial charge >= 0.3 is 0 Å². The van der Waals surface area contributed by atoms with Crippen molar-refractivity contribution in [2.75, 3.05) is 11.9 Å². The van der Waals surface area contributed by atoms with Gasteiger partial charge in [0.2, 0.25) is 0 Å². The first-order chi connectivity index (χ1) is 12.8. The molecule has 0 saturated carbocycles. The van der Waals surface area contributed by atoms with E-state index in [-0.39, 0.29) is 0 Å². The molecule has 3 nitrogen and oxygen atoms in total. The molecule has 0 aliphatic rings. The first-order valence-electron chi connectivity index (χ1n) is 8.86. The highest BCUT2D eigenvalue weighted by Crippen LogP contribution is 2.42. The van der Waals surface area contributed by atoms with Crippen LogP contribution in [0.5, 0.6) is 5.75 Å². The normalized spacial score (nSPS) is 11.4. The lowest BCUT2D eigenvalue weighted by Gasteiger charge is -2.17. The van der Waals surface area contributed by atoms with Gasteiger partial charge in [-0.2, -0.15) is 0 Å². The van der Waals surface area contributed by atoms with E-state index in [1.807, 2.05) is 25.1 Å². The molecule has 0 saturated heterocycles. The molecule has 0 bridgehead atoms. The molecule has 0 spiro atoms. The number of benzene rings is 4. The molecule has 0 unspecified atom stereocenters. The van der Waals surface area contributed by atoms with E-state index in [0.717, 1.165) is 22.6 Å². The predicted molar refractivity (Wildman–Crippen MR) is 109 cm³/mol. The molecular formula is C23H18N2O. The van der Waals surface area contributed by atoms with Gasteiger partial charge < -0.3 is 10.1 Å². The van der Waals surface area contributed by atoms with E-state index in [1.54, 1.807) is 6.20 Å². The largest absolute Gasteiger partial charge is 0.493 e. The van der Waals surface area contributed by atoms with Crippen molar-refractivity contribution in [3.05, 3.63) is 72.9 Å². The first-order valence-corrected chi connectivity index (χ1v) is 8.86. The van der Waals surface area contributed by atoms with Gasteiger partial charge in [0, 0.05) is 28.0 Å². The number of hydrogen-bond donors (Lipinski definition) is 1. The van der Waals surface area contributed by atoms with Gasteiger partial charge in [-0.1, -0.05) is 42.5 Å². The zero-order valence-electron chi connectivity index (χ0n) is 14.5. The Balaban J connectivity index is 1.82. The molecule has 0 aliphatic carbocycles. The summed E-state index contributed by atoms with van der Waals surface area (Å²) in [4.78, 5) is 4.39. The van der Waals surface area contributed by atoms with Crippen LogP contribution in [-0.4, -0.2) is 11.6 Å². The van der Waals surface area contributed by atoms with Gasteiger partial charge in [-0.05, 0) is 47.3 Å². The highest BCUT2D eigenvalue weighted by atomic mass is 16.5. The van der Waals surface area contributed by atoms with Crippen molar-refractivity contribution >= 4 is 43.8 Å². The van der Waals surface area contributed by atoms with Crippen LogP contribution in [0.2, 0.25) is 0 Å². The summed E-state index contributed by atoms with van der Waals surface area (Å²) in [6, 6.07) is 23.1. The third-order valence-electron chi connectivity index (χ3n) is 4.83. The third-order valence-corrected chi connectivity index (χ3v) is 4.83. The fourth-order valence-electron chi connectivity index (χ4n) is 3.75. The summed E-state index contributed by atoms with van der Waals surface area (Å²) in [5, 5.41) is 10.8. The van der Waals surface area contributed by atoms with E-state index >= 15 is 0 Å². The highest BCUT2D eigenvalue weighted by Gasteiger charge is 2.14. The molecule has 1 N–H and O–H groups in total. The van der Waals surface area contributed by atoms with Crippen molar-refractivity contribution in [3.63, 3.8) is 0 Å². The summed E-state index contributed by atoms with van der Waals surface area (Å²) in [7, 11) is 0. The standard InChI is InChI=1S/C23H18N2O/c1-2-26-20-14-16-10-12-19(25-21-8-3-4-13-24-21)17-11-9-15-6-5-7-18(20)22(15)23(16)17/h3-14H,2H2,1H3,(H,24,25). The van der Waals surface area contributed by atoms with Gasteiger partial charge in [-0.15, -0.1) is 0 Å². The van der Waals surface area contributed by atoms with E-state index in [1.165, 1.54) is 26.9 Å². The molecule has 26 heavy (non-hydrogen) atoms. The predicted octanol–water partition coefficient (Wildman–Crippen LogP) is 6.12. The summed E-state index contributed by atoms with van der Waals surface area (Å²) in [6.45, 7) is 2.68. The molecule has 5 aromatic rings. The van der Waals surface area contributed by atoms with Crippen molar-refractivity contribution in [2.45, 2.75) is 6.92 Å². The number of anilines is 2. The fourth-order valence-corrected chi connectivity index (χ4v) is 3.75. The lowest BCUT2D eigenvalue weighted by Crippen LogP contribution is -1.97. The van der Waals surface area contributed by atoms with Crippen LogP contribution < -0.4 is 10.1 Å². The number of hydrogen-bond acceptors (Lipinski definition) is 3. The van der Waals surface area contributed by atoms with Crippen molar-refractivity contribution in [3.8, 4) is 5.75 Å². The van der Waals surface area contributed by atoms with E-state index < -0.39 is 0 Å². The minimum atomic E-state index is 0.660. The monoisotopic (exact) mass is 338 g/mol. The lowest BCUT2D eigenvalue weighted by molar-refractivity contribution is 0.345. The Kier molecular flexibility index (Phi) is 3.39.